The molecule has 1 aromatic carbocycles. The predicted molar refractivity (Wildman–Crippen MR) is 94.9 cm³/mol. The van der Waals surface area contributed by atoms with E-state index in [0.717, 1.165) is 6.54 Å². The Bertz CT molecular complexity index is 333. The fourth-order valence-electron chi connectivity index (χ4n) is 3.31. The molecule has 1 heteroatoms. The molecule has 2 atom stereocenters. The summed E-state index contributed by atoms with van der Waals surface area (Å²) in [5, 5.41) is 3.73. The fraction of sp³-hybridized carbons (Fsp3) is 0.700. The van der Waals surface area contributed by atoms with Crippen molar-refractivity contribution < 1.29 is 0 Å². The minimum absolute atomic E-state index is 0.633. The van der Waals surface area contributed by atoms with Crippen molar-refractivity contribution >= 4 is 0 Å². The van der Waals surface area contributed by atoms with Crippen LogP contribution in [-0.4, -0.2) is 12.6 Å². The maximum atomic E-state index is 3.73. The van der Waals surface area contributed by atoms with Gasteiger partial charge in [-0.25, -0.2) is 0 Å². The van der Waals surface area contributed by atoms with Gasteiger partial charge >= 0.3 is 0 Å². The molecular formula is C20H35N. The molecule has 0 bridgehead atoms. The number of likely N-dealkylation sites (N-methyl/N-ethyl adjacent to an activating group) is 1. The Morgan fingerprint density at radius 3 is 2.14 bits per heavy atom. The van der Waals surface area contributed by atoms with Crippen LogP contribution >= 0.6 is 0 Å². The fourth-order valence-corrected chi connectivity index (χ4v) is 3.31. The number of nitrogens with one attached hydrogen (secondary N) is 1. The van der Waals surface area contributed by atoms with E-state index in [-0.39, 0.29) is 0 Å². The van der Waals surface area contributed by atoms with Crippen molar-refractivity contribution in [3.8, 4) is 0 Å². The van der Waals surface area contributed by atoms with Crippen LogP contribution in [0.25, 0.3) is 0 Å². The smallest absolute Gasteiger partial charge is 0.0136 e. The van der Waals surface area contributed by atoms with E-state index in [1.165, 1.54) is 56.9 Å². The Labute approximate surface area is 132 Å². The molecule has 0 heterocycles. The molecule has 1 nitrogen and oxygen atoms in total. The van der Waals surface area contributed by atoms with E-state index in [9.17, 15) is 0 Å². The number of benzene rings is 1. The van der Waals surface area contributed by atoms with Crippen molar-refractivity contribution in [1.82, 2.24) is 5.32 Å². The van der Waals surface area contributed by atoms with Crippen molar-refractivity contribution in [2.75, 3.05) is 6.54 Å². The molecule has 0 aliphatic rings. The van der Waals surface area contributed by atoms with Gasteiger partial charge < -0.3 is 5.32 Å². The zero-order chi connectivity index (χ0) is 15.3. The average molecular weight is 290 g/mol. The molecule has 0 saturated heterocycles. The van der Waals surface area contributed by atoms with Gasteiger partial charge in [-0.2, -0.15) is 0 Å². The van der Waals surface area contributed by atoms with E-state index >= 15 is 0 Å². The van der Waals surface area contributed by atoms with Gasteiger partial charge in [-0.05, 0) is 30.9 Å². The van der Waals surface area contributed by atoms with Gasteiger partial charge in [-0.1, -0.05) is 89.6 Å². The maximum absolute atomic E-state index is 3.73. The molecule has 0 saturated carbocycles. The molecule has 21 heavy (non-hydrogen) atoms. The molecule has 120 valence electrons. The second kappa shape index (κ2) is 11.8. The van der Waals surface area contributed by atoms with Crippen molar-refractivity contribution in [1.29, 1.82) is 0 Å². The Morgan fingerprint density at radius 2 is 1.52 bits per heavy atom. The standard InChI is InChI=1S/C20H35N/c1-4-7-8-9-10-14-17-20(21-6-3)19(5-2)18-15-12-11-13-16-18/h11-13,15-16,19-21H,4-10,14,17H2,1-3H3. The highest BCUT2D eigenvalue weighted by molar-refractivity contribution is 5.21. The summed E-state index contributed by atoms with van der Waals surface area (Å²) in [6.07, 6.45) is 10.9. The van der Waals surface area contributed by atoms with Crippen LogP contribution < -0.4 is 5.32 Å². The van der Waals surface area contributed by atoms with Crippen molar-refractivity contribution in [3.63, 3.8) is 0 Å². The van der Waals surface area contributed by atoms with Gasteiger partial charge in [0.2, 0.25) is 0 Å². The highest BCUT2D eigenvalue weighted by Gasteiger charge is 2.20. The summed E-state index contributed by atoms with van der Waals surface area (Å²) in [6.45, 7) is 7.91. The van der Waals surface area contributed by atoms with Gasteiger partial charge in [0.15, 0.2) is 0 Å². The Kier molecular flexibility index (Phi) is 10.2. The zero-order valence-electron chi connectivity index (χ0n) is 14.4. The SMILES string of the molecule is CCCCCCCCC(NCC)C(CC)c1ccccc1. The third kappa shape index (κ3) is 7.13. The molecular weight excluding hydrogens is 254 g/mol. The van der Waals surface area contributed by atoms with Crippen molar-refractivity contribution in [3.05, 3.63) is 35.9 Å². The van der Waals surface area contributed by atoms with E-state index in [4.69, 9.17) is 0 Å². The third-order valence-corrected chi connectivity index (χ3v) is 4.49. The monoisotopic (exact) mass is 289 g/mol. The van der Waals surface area contributed by atoms with Crippen LogP contribution in [0.2, 0.25) is 0 Å². The third-order valence-electron chi connectivity index (χ3n) is 4.49. The van der Waals surface area contributed by atoms with Crippen molar-refractivity contribution in [2.24, 2.45) is 0 Å². The topological polar surface area (TPSA) is 12.0 Å². The maximum Gasteiger partial charge on any atom is 0.0136 e. The summed E-state index contributed by atoms with van der Waals surface area (Å²) in [6, 6.07) is 11.7. The van der Waals surface area contributed by atoms with Gasteiger partial charge in [-0.3, -0.25) is 0 Å². The second-order valence-corrected chi connectivity index (χ2v) is 6.15. The van der Waals surface area contributed by atoms with Crippen LogP contribution in [0.3, 0.4) is 0 Å². The Morgan fingerprint density at radius 1 is 0.857 bits per heavy atom. The van der Waals surface area contributed by atoms with Crippen LogP contribution in [0.15, 0.2) is 30.3 Å². The average Bonchev–Trinajstić information content (AvgIpc) is 2.52. The van der Waals surface area contributed by atoms with Crippen LogP contribution in [0, 0.1) is 0 Å². The molecule has 0 spiro atoms. The van der Waals surface area contributed by atoms with E-state index in [2.05, 4.69) is 56.4 Å². The zero-order valence-corrected chi connectivity index (χ0v) is 14.4. The molecule has 0 amide bonds. The van der Waals surface area contributed by atoms with Gasteiger partial charge in [0.25, 0.3) is 0 Å². The summed E-state index contributed by atoms with van der Waals surface area (Å²) in [5.41, 5.74) is 1.50. The molecule has 0 aliphatic heterocycles. The van der Waals surface area contributed by atoms with Gasteiger partial charge in [0.05, 0.1) is 0 Å². The predicted octanol–water partition coefficient (Wildman–Crippen LogP) is 5.91. The summed E-state index contributed by atoms with van der Waals surface area (Å²) >= 11 is 0. The highest BCUT2D eigenvalue weighted by atomic mass is 14.9. The summed E-state index contributed by atoms with van der Waals surface area (Å²) in [7, 11) is 0. The Balaban J connectivity index is 2.46. The molecule has 0 aliphatic carbocycles. The Hall–Kier alpha value is -0.820. The van der Waals surface area contributed by atoms with Crippen LogP contribution in [-0.2, 0) is 0 Å². The first-order valence-corrected chi connectivity index (χ1v) is 9.11. The van der Waals surface area contributed by atoms with Crippen LogP contribution in [0.5, 0.6) is 0 Å². The summed E-state index contributed by atoms with van der Waals surface area (Å²) < 4.78 is 0. The van der Waals surface area contributed by atoms with Gasteiger partial charge in [-0.15, -0.1) is 0 Å². The molecule has 1 N–H and O–H groups in total. The van der Waals surface area contributed by atoms with Crippen LogP contribution in [0.1, 0.15) is 83.6 Å². The highest BCUT2D eigenvalue weighted by Crippen LogP contribution is 2.26. The first-order chi connectivity index (χ1) is 10.3. The lowest BCUT2D eigenvalue weighted by atomic mass is 9.86. The molecule has 0 aromatic heterocycles. The molecule has 1 rings (SSSR count). The minimum Gasteiger partial charge on any atom is -0.314 e. The lowest BCUT2D eigenvalue weighted by molar-refractivity contribution is 0.390. The number of unbranched alkanes of at least 4 members (excludes halogenated alkanes) is 5. The number of hydrogen-bond acceptors (Lipinski definition) is 1. The summed E-state index contributed by atoms with van der Waals surface area (Å²) in [4.78, 5) is 0. The number of hydrogen-bond donors (Lipinski definition) is 1. The molecule has 1 aromatic rings. The van der Waals surface area contributed by atoms with E-state index < -0.39 is 0 Å². The van der Waals surface area contributed by atoms with Gasteiger partial charge in [0, 0.05) is 6.04 Å². The number of rotatable bonds is 12. The van der Waals surface area contributed by atoms with Gasteiger partial charge in [0.1, 0.15) is 0 Å². The second-order valence-electron chi connectivity index (χ2n) is 6.15. The van der Waals surface area contributed by atoms with E-state index in [1.807, 2.05) is 0 Å². The van der Waals surface area contributed by atoms with Crippen LogP contribution in [0.4, 0.5) is 0 Å². The lowest BCUT2D eigenvalue weighted by Gasteiger charge is -2.27. The normalized spacial score (nSPS) is 14.0. The minimum atomic E-state index is 0.633. The summed E-state index contributed by atoms with van der Waals surface area (Å²) in [5.74, 6) is 0.654. The van der Waals surface area contributed by atoms with Crippen molar-refractivity contribution in [2.45, 2.75) is 84.1 Å². The molecule has 0 fully saturated rings. The van der Waals surface area contributed by atoms with E-state index in [0.29, 0.717) is 12.0 Å². The quantitative estimate of drug-likeness (QED) is 0.472. The molecule has 0 radical (unpaired) electrons. The molecule has 2 unspecified atom stereocenters. The lowest BCUT2D eigenvalue weighted by Crippen LogP contribution is -2.34. The first kappa shape index (κ1) is 18.2. The largest absolute Gasteiger partial charge is 0.314 e. The van der Waals surface area contributed by atoms with E-state index in [1.54, 1.807) is 0 Å². The first-order valence-electron chi connectivity index (χ1n) is 9.11.